The van der Waals surface area contributed by atoms with E-state index in [1.807, 2.05) is 0 Å². The summed E-state index contributed by atoms with van der Waals surface area (Å²) in [6.45, 7) is 8.43. The molecule has 2 N–H and O–H groups in total. The molecule has 1 unspecified atom stereocenters. The first-order valence-corrected chi connectivity index (χ1v) is 13.6. The van der Waals surface area contributed by atoms with Crippen molar-refractivity contribution >= 4 is 51.7 Å². The second kappa shape index (κ2) is 11.4. The number of hydrogen-bond donors (Lipinski definition) is 2. The average Bonchev–Trinajstić information content (AvgIpc) is 3.07. The van der Waals surface area contributed by atoms with Gasteiger partial charge in [-0.3, -0.25) is 9.59 Å². The average molecular weight is 496 g/mol. The van der Waals surface area contributed by atoms with Crippen LogP contribution in [0.1, 0.15) is 60.6 Å². The number of amides is 1. The number of anilines is 1. The number of carbonyl (C=O) groups is 2. The number of hydrogen-bond acceptors (Lipinski definition) is 8. The van der Waals surface area contributed by atoms with E-state index < -0.39 is 0 Å². The third-order valence-electron chi connectivity index (χ3n) is 4.92. The zero-order chi connectivity index (χ0) is 23.3. The SMILES string of the molecule is CCOC(=O)c1c(NC(=O)CSc2nc(CSC(C)C)cc(=O)[nH]2)sc2c1CCC(C)C2. The molecule has 174 valence electrons. The fraction of sp³-hybridized carbons (Fsp3) is 0.545. The molecule has 0 fully saturated rings. The van der Waals surface area contributed by atoms with Gasteiger partial charge in [-0.05, 0) is 42.9 Å². The van der Waals surface area contributed by atoms with E-state index in [-0.39, 0.29) is 29.8 Å². The van der Waals surface area contributed by atoms with Crippen LogP contribution in [0.5, 0.6) is 0 Å². The molecule has 2 aromatic heterocycles. The number of fused-ring (bicyclic) bond motifs is 1. The van der Waals surface area contributed by atoms with Crippen LogP contribution < -0.4 is 10.9 Å². The highest BCUT2D eigenvalue weighted by molar-refractivity contribution is 7.99. The third kappa shape index (κ3) is 6.62. The molecule has 0 radical (unpaired) electrons. The van der Waals surface area contributed by atoms with Crippen LogP contribution in [0.3, 0.4) is 0 Å². The number of rotatable bonds is 9. The lowest BCUT2D eigenvalue weighted by Gasteiger charge is -2.18. The molecule has 0 aliphatic heterocycles. The largest absolute Gasteiger partial charge is 0.462 e. The highest BCUT2D eigenvalue weighted by Gasteiger charge is 2.29. The van der Waals surface area contributed by atoms with Crippen molar-refractivity contribution in [3.8, 4) is 0 Å². The highest BCUT2D eigenvalue weighted by Crippen LogP contribution is 2.40. The van der Waals surface area contributed by atoms with E-state index in [2.05, 4.69) is 36.1 Å². The fourth-order valence-electron chi connectivity index (χ4n) is 3.43. The van der Waals surface area contributed by atoms with Crippen LogP contribution in [0.2, 0.25) is 0 Å². The summed E-state index contributed by atoms with van der Waals surface area (Å²) in [5.41, 5.74) is 1.97. The van der Waals surface area contributed by atoms with E-state index >= 15 is 0 Å². The van der Waals surface area contributed by atoms with Gasteiger partial charge in [0.25, 0.3) is 5.56 Å². The summed E-state index contributed by atoms with van der Waals surface area (Å²) in [4.78, 5) is 45.5. The van der Waals surface area contributed by atoms with Crippen molar-refractivity contribution in [2.75, 3.05) is 17.7 Å². The Hall–Kier alpha value is -1.78. The number of ether oxygens (including phenoxy) is 1. The van der Waals surface area contributed by atoms with Crippen molar-refractivity contribution in [1.29, 1.82) is 0 Å². The van der Waals surface area contributed by atoms with Gasteiger partial charge in [0.1, 0.15) is 5.00 Å². The van der Waals surface area contributed by atoms with Crippen LogP contribution >= 0.6 is 34.9 Å². The molecule has 3 rings (SSSR count). The normalized spacial score (nSPS) is 15.5. The van der Waals surface area contributed by atoms with Crippen LogP contribution in [0, 0.1) is 5.92 Å². The molecule has 2 aromatic rings. The molecule has 0 bridgehead atoms. The summed E-state index contributed by atoms with van der Waals surface area (Å²) >= 11 is 4.34. The number of thioether (sulfide) groups is 2. The van der Waals surface area contributed by atoms with Gasteiger partial charge in [0.05, 0.1) is 23.6 Å². The summed E-state index contributed by atoms with van der Waals surface area (Å²) in [5, 5.41) is 4.30. The second-order valence-corrected chi connectivity index (χ2v) is 11.6. The van der Waals surface area contributed by atoms with Crippen molar-refractivity contribution < 1.29 is 14.3 Å². The molecule has 0 saturated carbocycles. The molecular formula is C22H29N3O4S3. The van der Waals surface area contributed by atoms with Crippen LogP contribution in [0.25, 0.3) is 0 Å². The van der Waals surface area contributed by atoms with E-state index in [0.717, 1.165) is 29.7 Å². The lowest BCUT2D eigenvalue weighted by Crippen LogP contribution is -2.18. The van der Waals surface area contributed by atoms with Gasteiger partial charge in [-0.15, -0.1) is 11.3 Å². The minimum absolute atomic E-state index is 0.0744. The molecule has 7 nitrogen and oxygen atoms in total. The fourth-order valence-corrected chi connectivity index (χ4v) is 6.19. The number of nitrogens with one attached hydrogen (secondary N) is 2. The summed E-state index contributed by atoms with van der Waals surface area (Å²) in [6, 6.07) is 1.49. The Morgan fingerprint density at radius 1 is 1.41 bits per heavy atom. The molecule has 10 heteroatoms. The maximum atomic E-state index is 12.7. The van der Waals surface area contributed by atoms with Gasteiger partial charge in [-0.2, -0.15) is 11.8 Å². The van der Waals surface area contributed by atoms with Crippen LogP contribution in [0.4, 0.5) is 5.00 Å². The Morgan fingerprint density at radius 3 is 2.91 bits per heavy atom. The quantitative estimate of drug-likeness (QED) is 0.300. The molecule has 0 spiro atoms. The standard InChI is InChI=1S/C22H29N3O4S3/c1-5-29-21(28)19-15-7-6-13(4)8-16(15)32-20(19)24-18(27)11-31-22-23-14(9-17(26)25-22)10-30-12(2)3/h9,12-13H,5-8,10-11H2,1-4H3,(H,24,27)(H,23,25,26). The van der Waals surface area contributed by atoms with Gasteiger partial charge >= 0.3 is 5.97 Å². The van der Waals surface area contributed by atoms with Crippen molar-refractivity contribution in [2.24, 2.45) is 5.92 Å². The predicted molar refractivity (Wildman–Crippen MR) is 132 cm³/mol. The molecule has 0 aromatic carbocycles. The number of H-pyrrole nitrogens is 1. The minimum atomic E-state index is -0.385. The van der Waals surface area contributed by atoms with Crippen molar-refractivity contribution in [3.63, 3.8) is 0 Å². The van der Waals surface area contributed by atoms with Crippen LogP contribution in [-0.2, 0) is 28.1 Å². The zero-order valence-electron chi connectivity index (χ0n) is 18.8. The Kier molecular flexibility index (Phi) is 8.84. The minimum Gasteiger partial charge on any atom is -0.462 e. The predicted octanol–water partition coefficient (Wildman–Crippen LogP) is 4.51. The van der Waals surface area contributed by atoms with Gasteiger partial charge in [-0.1, -0.05) is 32.5 Å². The number of aromatic nitrogens is 2. The third-order valence-corrected chi connectivity index (χ3v) is 8.09. The number of thiophene rings is 1. The van der Waals surface area contributed by atoms with E-state index in [0.29, 0.717) is 38.3 Å². The maximum Gasteiger partial charge on any atom is 0.341 e. The molecule has 32 heavy (non-hydrogen) atoms. The van der Waals surface area contributed by atoms with E-state index in [1.165, 1.54) is 29.2 Å². The van der Waals surface area contributed by atoms with Crippen molar-refractivity contribution in [1.82, 2.24) is 9.97 Å². The molecule has 1 aliphatic rings. The molecule has 1 amide bonds. The first kappa shape index (κ1) is 24.9. The van der Waals surface area contributed by atoms with Gasteiger partial charge < -0.3 is 15.0 Å². The topological polar surface area (TPSA) is 101 Å². The summed E-state index contributed by atoms with van der Waals surface area (Å²) in [6.07, 6.45) is 2.74. The Morgan fingerprint density at radius 2 is 2.19 bits per heavy atom. The van der Waals surface area contributed by atoms with Crippen molar-refractivity contribution in [3.05, 3.63) is 38.1 Å². The number of nitrogens with zero attached hydrogens (tertiary/aromatic N) is 1. The number of aromatic amines is 1. The second-order valence-electron chi connectivity index (χ2n) is 8.01. The Balaban J connectivity index is 1.70. The molecule has 1 atom stereocenters. The van der Waals surface area contributed by atoms with Crippen LogP contribution in [0.15, 0.2) is 16.0 Å². The molecule has 2 heterocycles. The molecule has 0 saturated heterocycles. The maximum absolute atomic E-state index is 12.7. The summed E-state index contributed by atoms with van der Waals surface area (Å²) in [5.74, 6) is 0.633. The lowest BCUT2D eigenvalue weighted by atomic mass is 9.88. The Bertz CT molecular complexity index is 1030. The van der Waals surface area contributed by atoms with Crippen LogP contribution in [-0.4, -0.2) is 39.5 Å². The Labute approximate surface area is 200 Å². The van der Waals surface area contributed by atoms with Gasteiger partial charge in [-0.25, -0.2) is 9.78 Å². The lowest BCUT2D eigenvalue weighted by molar-refractivity contribution is -0.113. The van der Waals surface area contributed by atoms with Gasteiger partial charge in [0.2, 0.25) is 5.91 Å². The summed E-state index contributed by atoms with van der Waals surface area (Å²) in [7, 11) is 0. The number of esters is 1. The summed E-state index contributed by atoms with van der Waals surface area (Å²) < 4.78 is 5.26. The first-order chi connectivity index (χ1) is 15.3. The zero-order valence-corrected chi connectivity index (χ0v) is 21.2. The number of carbonyl (C=O) groups excluding carboxylic acids is 2. The molecule has 1 aliphatic carbocycles. The van der Waals surface area contributed by atoms with E-state index in [9.17, 15) is 14.4 Å². The van der Waals surface area contributed by atoms with Crippen molar-refractivity contribution in [2.45, 2.75) is 63.1 Å². The van der Waals surface area contributed by atoms with Gasteiger partial charge in [0, 0.05) is 16.7 Å². The van der Waals surface area contributed by atoms with E-state index in [4.69, 9.17) is 4.74 Å². The first-order valence-electron chi connectivity index (χ1n) is 10.7. The van der Waals surface area contributed by atoms with E-state index in [1.54, 1.807) is 18.7 Å². The molecular weight excluding hydrogens is 466 g/mol. The monoisotopic (exact) mass is 495 g/mol. The highest BCUT2D eigenvalue weighted by atomic mass is 32.2. The van der Waals surface area contributed by atoms with Gasteiger partial charge in [0.15, 0.2) is 5.16 Å². The smallest absolute Gasteiger partial charge is 0.341 e.